The number of halogens is 2. The van der Waals surface area contributed by atoms with Crippen molar-refractivity contribution >= 4 is 46.7 Å². The average molecular weight is 438 g/mol. The number of thioether (sulfide) groups is 1. The van der Waals surface area contributed by atoms with Crippen LogP contribution in [0.2, 0.25) is 5.02 Å². The zero-order chi connectivity index (χ0) is 20.8. The molecule has 2 heterocycles. The maximum Gasteiger partial charge on any atom is 0.506 e. The van der Waals surface area contributed by atoms with Crippen LogP contribution in [0.25, 0.3) is 0 Å². The summed E-state index contributed by atoms with van der Waals surface area (Å²) in [6, 6.07) is 19.9. The highest BCUT2D eigenvalue weighted by molar-refractivity contribution is 8.02. The van der Waals surface area contributed by atoms with Crippen LogP contribution in [0.3, 0.4) is 0 Å². The molecule has 2 aliphatic heterocycles. The van der Waals surface area contributed by atoms with E-state index in [1.807, 2.05) is 24.3 Å². The Morgan fingerprint density at radius 1 is 1.00 bits per heavy atom. The van der Waals surface area contributed by atoms with Gasteiger partial charge in [-0.2, -0.15) is 9.37 Å². The first-order chi connectivity index (χ1) is 14.5. The van der Waals surface area contributed by atoms with Gasteiger partial charge in [-0.15, -0.1) is 16.7 Å². The van der Waals surface area contributed by atoms with E-state index < -0.39 is 11.3 Å². The minimum absolute atomic E-state index is 0.154. The van der Waals surface area contributed by atoms with Crippen molar-refractivity contribution in [3.8, 4) is 0 Å². The van der Waals surface area contributed by atoms with E-state index in [0.29, 0.717) is 22.0 Å². The lowest BCUT2D eigenvalue weighted by atomic mass is 10.0. The van der Waals surface area contributed by atoms with Gasteiger partial charge in [-0.05, 0) is 42.0 Å². The SMILES string of the molecule is O=C1C2Sc3ccccc3C2=[N+](Cc2cccc(F)c2)C(=O)N1c1cccc(Cl)c1. The maximum absolute atomic E-state index is 13.8. The van der Waals surface area contributed by atoms with Crippen molar-refractivity contribution in [3.05, 3.63) is 94.8 Å². The first-order valence-electron chi connectivity index (χ1n) is 9.31. The normalized spacial score (nSPS) is 17.9. The Bertz CT molecular complexity index is 1240. The zero-order valence-corrected chi connectivity index (χ0v) is 17.2. The van der Waals surface area contributed by atoms with Crippen molar-refractivity contribution in [1.82, 2.24) is 0 Å². The van der Waals surface area contributed by atoms with Crippen molar-refractivity contribution in [1.29, 1.82) is 0 Å². The van der Waals surface area contributed by atoms with E-state index in [-0.39, 0.29) is 18.3 Å². The molecule has 1 atom stereocenters. The number of hydrogen-bond donors (Lipinski definition) is 0. The molecule has 30 heavy (non-hydrogen) atoms. The quantitative estimate of drug-likeness (QED) is 0.534. The number of amides is 3. The number of urea groups is 1. The van der Waals surface area contributed by atoms with E-state index in [1.165, 1.54) is 23.9 Å². The molecule has 0 aliphatic carbocycles. The van der Waals surface area contributed by atoms with E-state index >= 15 is 0 Å². The molecular weight excluding hydrogens is 423 g/mol. The lowest BCUT2D eigenvalue weighted by molar-refractivity contribution is -0.444. The van der Waals surface area contributed by atoms with Gasteiger partial charge in [0.05, 0.1) is 0 Å². The molecule has 0 spiro atoms. The lowest BCUT2D eigenvalue weighted by Crippen LogP contribution is -2.55. The summed E-state index contributed by atoms with van der Waals surface area (Å²) < 4.78 is 15.4. The second-order valence-electron chi connectivity index (χ2n) is 7.03. The number of nitrogens with zero attached hydrogens (tertiary/aromatic N) is 2. The summed E-state index contributed by atoms with van der Waals surface area (Å²) in [4.78, 5) is 29.0. The number of imide groups is 1. The molecule has 4 nitrogen and oxygen atoms in total. The van der Waals surface area contributed by atoms with Crippen LogP contribution in [0.1, 0.15) is 11.1 Å². The van der Waals surface area contributed by atoms with Crippen LogP contribution in [-0.4, -0.2) is 27.5 Å². The third-order valence-electron chi connectivity index (χ3n) is 5.11. The number of benzene rings is 3. The predicted octanol–water partition coefficient (Wildman–Crippen LogP) is 5.12. The second kappa shape index (κ2) is 7.38. The second-order valence-corrected chi connectivity index (χ2v) is 8.61. The highest BCUT2D eigenvalue weighted by atomic mass is 35.5. The Hall–Kier alpha value is -2.96. The molecule has 0 N–H and O–H groups in total. The van der Waals surface area contributed by atoms with Gasteiger partial charge in [0.15, 0.2) is 5.25 Å². The fraction of sp³-hybridized carbons (Fsp3) is 0.0870. The topological polar surface area (TPSA) is 40.4 Å². The number of anilines is 1. The molecule has 1 unspecified atom stereocenters. The molecule has 3 aromatic rings. The number of rotatable bonds is 3. The Balaban J connectivity index is 1.68. The van der Waals surface area contributed by atoms with Crippen molar-refractivity contribution in [2.45, 2.75) is 16.7 Å². The van der Waals surface area contributed by atoms with Gasteiger partial charge in [0.1, 0.15) is 23.8 Å². The van der Waals surface area contributed by atoms with Crippen LogP contribution < -0.4 is 4.90 Å². The predicted molar refractivity (Wildman–Crippen MR) is 115 cm³/mol. The van der Waals surface area contributed by atoms with E-state index in [1.54, 1.807) is 41.0 Å². The van der Waals surface area contributed by atoms with Crippen LogP contribution in [0.5, 0.6) is 0 Å². The minimum Gasteiger partial charge on any atom is -0.244 e. The lowest BCUT2D eigenvalue weighted by Gasteiger charge is -2.24. The van der Waals surface area contributed by atoms with E-state index in [0.717, 1.165) is 15.4 Å². The smallest absolute Gasteiger partial charge is 0.244 e. The average Bonchev–Trinajstić information content (AvgIpc) is 3.11. The van der Waals surface area contributed by atoms with Gasteiger partial charge >= 0.3 is 11.9 Å². The first-order valence-corrected chi connectivity index (χ1v) is 10.6. The molecule has 3 aromatic carbocycles. The highest BCUT2D eigenvalue weighted by Gasteiger charge is 2.53. The number of carbonyl (C=O) groups is 2. The van der Waals surface area contributed by atoms with Gasteiger partial charge in [0.25, 0.3) is 0 Å². The van der Waals surface area contributed by atoms with E-state index in [9.17, 15) is 14.0 Å². The largest absolute Gasteiger partial charge is 0.506 e. The molecule has 0 aromatic heterocycles. The first kappa shape index (κ1) is 19.0. The van der Waals surface area contributed by atoms with Gasteiger partial charge < -0.3 is 0 Å². The summed E-state index contributed by atoms with van der Waals surface area (Å²) in [5, 5.41) is -0.130. The Kier molecular flexibility index (Phi) is 4.68. The van der Waals surface area contributed by atoms with E-state index in [4.69, 9.17) is 11.6 Å². The van der Waals surface area contributed by atoms with Crippen LogP contribution >= 0.6 is 23.4 Å². The molecule has 7 heteroatoms. The fourth-order valence-electron chi connectivity index (χ4n) is 3.82. The summed E-state index contributed by atoms with van der Waals surface area (Å²) in [5.74, 6) is -0.684. The molecule has 0 fully saturated rings. The van der Waals surface area contributed by atoms with Crippen molar-refractivity contribution in [2.24, 2.45) is 0 Å². The molecule has 5 rings (SSSR count). The van der Waals surface area contributed by atoms with Crippen molar-refractivity contribution in [2.75, 3.05) is 4.90 Å². The van der Waals surface area contributed by atoms with Gasteiger partial charge in [-0.1, -0.05) is 41.9 Å². The molecule has 3 amide bonds. The third-order valence-corrected chi connectivity index (χ3v) is 6.62. The molecule has 2 aliphatic rings. The Labute approximate surface area is 181 Å². The van der Waals surface area contributed by atoms with Gasteiger partial charge in [0.2, 0.25) is 0 Å². The van der Waals surface area contributed by atoms with Crippen LogP contribution in [0, 0.1) is 5.82 Å². The Morgan fingerprint density at radius 2 is 1.80 bits per heavy atom. The minimum atomic E-state index is -0.562. The molecule has 0 saturated heterocycles. The zero-order valence-electron chi connectivity index (χ0n) is 15.6. The molecular formula is C23H15ClFN2O2S+. The molecule has 148 valence electrons. The summed E-state index contributed by atoms with van der Waals surface area (Å²) in [6.07, 6.45) is 0. The number of carbonyl (C=O) groups excluding carboxylic acids is 2. The standard InChI is InChI=1S/C23H15ClFN2O2S/c24-15-6-4-8-17(12-15)27-22(28)21-20(18-9-1-2-10-19(18)30-21)26(23(27)29)13-14-5-3-7-16(25)11-14/h1-12,21H,13H2/q+1. The van der Waals surface area contributed by atoms with Crippen molar-refractivity contribution in [3.63, 3.8) is 0 Å². The summed E-state index contributed by atoms with van der Waals surface area (Å²) >= 11 is 7.53. The summed E-state index contributed by atoms with van der Waals surface area (Å²) in [7, 11) is 0. The Morgan fingerprint density at radius 3 is 2.60 bits per heavy atom. The third kappa shape index (κ3) is 3.13. The van der Waals surface area contributed by atoms with Gasteiger partial charge in [-0.3, -0.25) is 0 Å². The van der Waals surface area contributed by atoms with Crippen LogP contribution in [0.4, 0.5) is 14.9 Å². The fourth-order valence-corrected chi connectivity index (χ4v) is 5.29. The molecule has 0 bridgehead atoms. The highest BCUT2D eigenvalue weighted by Crippen LogP contribution is 2.41. The molecule has 0 radical (unpaired) electrons. The monoisotopic (exact) mass is 437 g/mol. The number of hydrogen-bond acceptors (Lipinski definition) is 3. The van der Waals surface area contributed by atoms with Gasteiger partial charge in [-0.25, -0.2) is 9.18 Å². The summed E-state index contributed by atoms with van der Waals surface area (Å²) in [5.41, 5.74) is 2.56. The van der Waals surface area contributed by atoms with E-state index in [2.05, 4.69) is 0 Å². The summed E-state index contributed by atoms with van der Waals surface area (Å²) in [6.45, 7) is 0.154. The maximum atomic E-state index is 13.8. The van der Waals surface area contributed by atoms with Gasteiger partial charge in [0, 0.05) is 21.5 Å². The number of fused-ring (bicyclic) bond motifs is 3. The van der Waals surface area contributed by atoms with Crippen LogP contribution in [-0.2, 0) is 11.3 Å². The van der Waals surface area contributed by atoms with Crippen LogP contribution in [0.15, 0.2) is 77.7 Å². The van der Waals surface area contributed by atoms with Crippen molar-refractivity contribution < 1.29 is 18.6 Å². The molecule has 0 saturated carbocycles.